The lowest BCUT2D eigenvalue weighted by atomic mass is 10.4. The van der Waals surface area contributed by atoms with E-state index in [0.29, 0.717) is 0 Å². The van der Waals surface area contributed by atoms with Crippen molar-refractivity contribution in [1.82, 2.24) is 9.96 Å². The predicted molar refractivity (Wildman–Crippen MR) is 58.8 cm³/mol. The molecule has 3 nitrogen and oxygen atoms in total. The van der Waals surface area contributed by atoms with E-state index in [2.05, 4.69) is 30.5 Å². The van der Waals surface area contributed by atoms with Gasteiger partial charge in [-0.3, -0.25) is 0 Å². The highest BCUT2D eigenvalue weighted by molar-refractivity contribution is 4.47. The zero-order chi connectivity index (χ0) is 10.7. The molecule has 0 aromatic rings. The molecule has 0 fully saturated rings. The topological polar surface area (TPSA) is 15.7 Å². The number of hydroxylamine groups is 2. The Morgan fingerprint density at radius 3 is 1.46 bits per heavy atom. The Labute approximate surface area is 83.6 Å². The molecule has 82 valence electrons. The van der Waals surface area contributed by atoms with E-state index in [4.69, 9.17) is 0 Å². The summed E-state index contributed by atoms with van der Waals surface area (Å²) in [5.74, 6) is 0. The van der Waals surface area contributed by atoms with Crippen LogP contribution in [0.4, 0.5) is 0 Å². The smallest absolute Gasteiger partial charge is 0.0574 e. The Morgan fingerprint density at radius 1 is 1.00 bits per heavy atom. The fraction of sp³-hybridized carbons (Fsp3) is 1.00. The average Bonchev–Trinajstić information content (AvgIpc) is 2.15. The van der Waals surface area contributed by atoms with Crippen LogP contribution in [0.2, 0.25) is 0 Å². The molecule has 0 saturated heterocycles. The second-order valence-corrected chi connectivity index (χ2v) is 3.02. The molecule has 3 heteroatoms. The van der Waals surface area contributed by atoms with Crippen LogP contribution in [0, 0.1) is 0 Å². The molecule has 0 spiro atoms. The maximum absolute atomic E-state index is 4.58. The van der Waals surface area contributed by atoms with Crippen molar-refractivity contribution in [1.29, 1.82) is 0 Å². The Morgan fingerprint density at radius 2 is 1.38 bits per heavy atom. The van der Waals surface area contributed by atoms with Crippen LogP contribution in [0.5, 0.6) is 0 Å². The highest BCUT2D eigenvalue weighted by atomic mass is 16.7. The van der Waals surface area contributed by atoms with Crippen LogP contribution in [0.3, 0.4) is 0 Å². The summed E-state index contributed by atoms with van der Waals surface area (Å²) >= 11 is 0. The maximum atomic E-state index is 4.58. The maximum Gasteiger partial charge on any atom is 0.0574 e. The fourth-order valence-electron chi connectivity index (χ4n) is 0.856. The van der Waals surface area contributed by atoms with Gasteiger partial charge in [-0.2, -0.15) is 5.06 Å². The highest BCUT2D eigenvalue weighted by Gasteiger charge is 1.92. The first-order chi connectivity index (χ1) is 6.12. The molecular weight excluding hydrogens is 164 g/mol. The van der Waals surface area contributed by atoms with Crippen LogP contribution in [0.25, 0.3) is 0 Å². The molecule has 0 rings (SSSR count). The minimum atomic E-state index is 1.20. The first-order valence-electron chi connectivity index (χ1n) is 5.06. The van der Waals surface area contributed by atoms with E-state index in [1.807, 2.05) is 14.1 Å². The molecule has 0 aromatic carbocycles. The summed E-state index contributed by atoms with van der Waals surface area (Å²) in [6, 6.07) is 0. The molecular formula is C10H26N2O. The van der Waals surface area contributed by atoms with Crippen molar-refractivity contribution in [3.05, 3.63) is 0 Å². The van der Waals surface area contributed by atoms with Gasteiger partial charge in [0, 0.05) is 14.1 Å². The molecule has 0 atom stereocenters. The molecule has 0 aliphatic rings. The summed E-state index contributed by atoms with van der Waals surface area (Å²) in [4.78, 5) is 7.01. The minimum absolute atomic E-state index is 1.20. The largest absolute Gasteiger partial charge is 0.304 e. The van der Waals surface area contributed by atoms with Crippen LogP contribution >= 0.6 is 0 Å². The number of hydrogen-bond acceptors (Lipinski definition) is 3. The van der Waals surface area contributed by atoms with Crippen LogP contribution in [-0.2, 0) is 4.84 Å². The van der Waals surface area contributed by atoms with Gasteiger partial charge in [0.2, 0.25) is 0 Å². The third-order valence-corrected chi connectivity index (χ3v) is 1.80. The molecule has 0 bridgehead atoms. The van der Waals surface area contributed by atoms with Gasteiger partial charge in [0.05, 0.1) is 7.11 Å². The summed E-state index contributed by atoms with van der Waals surface area (Å²) in [5, 5.41) is 1.62. The van der Waals surface area contributed by atoms with E-state index in [1.165, 1.54) is 26.1 Å². The van der Waals surface area contributed by atoms with Crippen molar-refractivity contribution in [3.8, 4) is 0 Å². The average molecular weight is 190 g/mol. The Hall–Kier alpha value is -0.120. The molecule has 0 heterocycles. The van der Waals surface area contributed by atoms with E-state index in [0.717, 1.165) is 0 Å². The molecule has 0 N–H and O–H groups in total. The zero-order valence-electron chi connectivity index (χ0n) is 10.1. The normalized spacial score (nSPS) is 10.2. The standard InChI is InChI=1S/C7H17N.C3H9NO/c1-4-7-8(5-2)6-3;1-4(2)5-3/h4-7H2,1-3H3;1-3H3. The second kappa shape index (κ2) is 11.9. The first-order valence-corrected chi connectivity index (χ1v) is 5.06. The number of hydrogen-bond donors (Lipinski definition) is 0. The Bertz CT molecular complexity index is 83.0. The van der Waals surface area contributed by atoms with Crippen LogP contribution < -0.4 is 0 Å². The molecule has 0 saturated carbocycles. The number of nitrogens with zero attached hydrogens (tertiary/aromatic N) is 2. The van der Waals surface area contributed by atoms with Crippen molar-refractivity contribution in [3.63, 3.8) is 0 Å². The molecule has 0 aliphatic carbocycles. The van der Waals surface area contributed by atoms with Crippen molar-refractivity contribution < 1.29 is 4.84 Å². The number of rotatable bonds is 5. The monoisotopic (exact) mass is 190 g/mol. The minimum Gasteiger partial charge on any atom is -0.304 e. The Kier molecular flexibility index (Phi) is 14.0. The highest BCUT2D eigenvalue weighted by Crippen LogP contribution is 1.87. The lowest BCUT2D eigenvalue weighted by Gasteiger charge is -2.15. The molecule has 0 amide bonds. The van der Waals surface area contributed by atoms with E-state index in [-0.39, 0.29) is 0 Å². The van der Waals surface area contributed by atoms with Gasteiger partial charge in [-0.25, -0.2) is 0 Å². The van der Waals surface area contributed by atoms with Crippen molar-refractivity contribution in [2.45, 2.75) is 27.2 Å². The van der Waals surface area contributed by atoms with Crippen LogP contribution in [0.1, 0.15) is 27.2 Å². The zero-order valence-corrected chi connectivity index (χ0v) is 10.1. The van der Waals surface area contributed by atoms with Gasteiger partial charge in [-0.15, -0.1) is 0 Å². The van der Waals surface area contributed by atoms with Crippen molar-refractivity contribution in [2.75, 3.05) is 40.8 Å². The summed E-state index contributed by atoms with van der Waals surface area (Å²) in [5.41, 5.74) is 0. The van der Waals surface area contributed by atoms with E-state index < -0.39 is 0 Å². The van der Waals surface area contributed by atoms with E-state index >= 15 is 0 Å². The van der Waals surface area contributed by atoms with E-state index in [1.54, 1.807) is 12.2 Å². The quantitative estimate of drug-likeness (QED) is 0.615. The Balaban J connectivity index is 0. The molecule has 0 aromatic heterocycles. The van der Waals surface area contributed by atoms with Crippen LogP contribution in [0.15, 0.2) is 0 Å². The lowest BCUT2D eigenvalue weighted by Crippen LogP contribution is -2.23. The predicted octanol–water partition coefficient (Wildman–Crippen LogP) is 1.85. The summed E-state index contributed by atoms with van der Waals surface area (Å²) in [6.45, 7) is 10.3. The van der Waals surface area contributed by atoms with Gasteiger partial charge in [0.15, 0.2) is 0 Å². The van der Waals surface area contributed by atoms with Crippen molar-refractivity contribution >= 4 is 0 Å². The summed E-state index contributed by atoms with van der Waals surface area (Å²) in [6.07, 6.45) is 1.28. The van der Waals surface area contributed by atoms with Gasteiger partial charge in [-0.1, -0.05) is 20.8 Å². The molecule has 0 aliphatic heterocycles. The first kappa shape index (κ1) is 15.4. The lowest BCUT2D eigenvalue weighted by molar-refractivity contribution is -0.0855. The molecule has 13 heavy (non-hydrogen) atoms. The van der Waals surface area contributed by atoms with Gasteiger partial charge < -0.3 is 9.74 Å². The third-order valence-electron chi connectivity index (χ3n) is 1.80. The van der Waals surface area contributed by atoms with E-state index in [9.17, 15) is 0 Å². The summed E-state index contributed by atoms with van der Waals surface area (Å²) < 4.78 is 0. The molecule has 0 unspecified atom stereocenters. The fourth-order valence-corrected chi connectivity index (χ4v) is 0.856. The SMILES string of the molecule is CCCN(CC)CC.CON(C)C. The van der Waals surface area contributed by atoms with Gasteiger partial charge in [0.25, 0.3) is 0 Å². The molecule has 0 radical (unpaired) electrons. The van der Waals surface area contributed by atoms with Gasteiger partial charge >= 0.3 is 0 Å². The van der Waals surface area contributed by atoms with Crippen LogP contribution in [-0.4, -0.2) is 50.8 Å². The van der Waals surface area contributed by atoms with Crippen molar-refractivity contribution in [2.24, 2.45) is 0 Å². The summed E-state index contributed by atoms with van der Waals surface area (Å²) in [7, 11) is 5.29. The third kappa shape index (κ3) is 14.7. The van der Waals surface area contributed by atoms with Gasteiger partial charge in [-0.05, 0) is 26.1 Å². The van der Waals surface area contributed by atoms with Gasteiger partial charge in [0.1, 0.15) is 0 Å². The second-order valence-electron chi connectivity index (χ2n) is 3.02.